The predicted molar refractivity (Wildman–Crippen MR) is 66.9 cm³/mol. The van der Waals surface area contributed by atoms with Gasteiger partial charge in [0.05, 0.1) is 13.7 Å². The average Bonchev–Trinajstić information content (AvgIpc) is 2.46. The van der Waals surface area contributed by atoms with Gasteiger partial charge in [-0.2, -0.15) is 0 Å². The molecule has 0 aliphatic rings. The SMILES string of the molecule is COc1c[c-]c(-c2cc(CO)ccn2)c(CO)c1.[Rh]. The topological polar surface area (TPSA) is 62.6 Å². The van der Waals surface area contributed by atoms with E-state index >= 15 is 0 Å². The Balaban J connectivity index is 0.00000180. The number of rotatable bonds is 4. The maximum absolute atomic E-state index is 9.37. The fourth-order valence-corrected chi connectivity index (χ4v) is 1.71. The first kappa shape index (κ1) is 15.8. The van der Waals surface area contributed by atoms with Crippen molar-refractivity contribution in [2.75, 3.05) is 7.11 Å². The molecule has 0 aliphatic heterocycles. The van der Waals surface area contributed by atoms with E-state index in [-0.39, 0.29) is 32.7 Å². The van der Waals surface area contributed by atoms with E-state index in [1.165, 1.54) is 0 Å². The van der Waals surface area contributed by atoms with E-state index in [1.807, 2.05) is 0 Å². The summed E-state index contributed by atoms with van der Waals surface area (Å²) < 4.78 is 5.09. The van der Waals surface area contributed by atoms with Gasteiger partial charge in [0.25, 0.3) is 0 Å². The van der Waals surface area contributed by atoms with Gasteiger partial charge < -0.3 is 19.9 Å². The Hall–Kier alpha value is -1.29. The van der Waals surface area contributed by atoms with Crippen LogP contribution in [0.3, 0.4) is 0 Å². The number of pyridine rings is 1. The molecule has 1 heterocycles. The van der Waals surface area contributed by atoms with Crippen LogP contribution in [-0.4, -0.2) is 22.3 Å². The summed E-state index contributed by atoms with van der Waals surface area (Å²) in [7, 11) is 1.56. The van der Waals surface area contributed by atoms with Gasteiger partial charge in [0.15, 0.2) is 0 Å². The van der Waals surface area contributed by atoms with Gasteiger partial charge in [-0.3, -0.25) is 0 Å². The van der Waals surface area contributed by atoms with Crippen LogP contribution in [0.25, 0.3) is 11.3 Å². The second kappa shape index (κ2) is 7.34. The van der Waals surface area contributed by atoms with E-state index in [9.17, 15) is 5.11 Å². The van der Waals surface area contributed by atoms with Crippen molar-refractivity contribution in [3.63, 3.8) is 0 Å². The number of aromatic nitrogens is 1. The van der Waals surface area contributed by atoms with E-state index in [2.05, 4.69) is 11.1 Å². The summed E-state index contributed by atoms with van der Waals surface area (Å²) in [5.74, 6) is 0.640. The first-order chi connectivity index (χ1) is 8.78. The number of aliphatic hydroxyl groups is 2. The Bertz CT molecular complexity index is 546. The van der Waals surface area contributed by atoms with Gasteiger partial charge in [-0.1, -0.05) is 17.7 Å². The molecule has 4 nitrogen and oxygen atoms in total. The molecule has 19 heavy (non-hydrogen) atoms. The molecule has 1 aromatic carbocycles. The maximum atomic E-state index is 9.37. The largest absolute Gasteiger partial charge is 0.540 e. The molecule has 2 rings (SSSR count). The smallest absolute Gasteiger partial charge is 0.0675 e. The van der Waals surface area contributed by atoms with Crippen molar-refractivity contribution >= 4 is 0 Å². The van der Waals surface area contributed by atoms with Crippen molar-refractivity contribution in [1.29, 1.82) is 0 Å². The first-order valence-corrected chi connectivity index (χ1v) is 5.54. The van der Waals surface area contributed by atoms with Crippen LogP contribution in [0.5, 0.6) is 5.75 Å². The summed E-state index contributed by atoms with van der Waals surface area (Å²) in [6.07, 6.45) is 1.63. The molecule has 0 saturated carbocycles. The van der Waals surface area contributed by atoms with Crippen LogP contribution < -0.4 is 4.74 Å². The standard InChI is InChI=1S/C14H14NO3.Rh/c1-18-12-2-3-13(11(7-12)9-17)14-6-10(8-16)4-5-15-14;/h2,4-7,16-17H,8-9H2,1H3;/q-1;. The third kappa shape index (κ3) is 3.60. The molecule has 103 valence electrons. The molecule has 1 aromatic heterocycles. The summed E-state index contributed by atoms with van der Waals surface area (Å²) in [4.78, 5) is 4.23. The van der Waals surface area contributed by atoms with Gasteiger partial charge in [-0.05, 0) is 17.3 Å². The van der Waals surface area contributed by atoms with E-state index in [0.29, 0.717) is 22.6 Å². The van der Waals surface area contributed by atoms with Crippen LogP contribution in [0, 0.1) is 6.07 Å². The fourth-order valence-electron chi connectivity index (χ4n) is 1.71. The van der Waals surface area contributed by atoms with Crippen molar-refractivity contribution in [2.45, 2.75) is 13.2 Å². The maximum Gasteiger partial charge on any atom is 0.0675 e. The van der Waals surface area contributed by atoms with Gasteiger partial charge in [-0.15, -0.1) is 17.7 Å². The molecule has 5 heteroatoms. The number of methoxy groups -OCH3 is 1. The van der Waals surface area contributed by atoms with Crippen molar-refractivity contribution in [1.82, 2.24) is 4.98 Å². The Morgan fingerprint density at radius 3 is 2.68 bits per heavy atom. The van der Waals surface area contributed by atoms with Crippen LogP contribution in [-0.2, 0) is 32.7 Å². The van der Waals surface area contributed by atoms with Crippen LogP contribution in [0.2, 0.25) is 0 Å². The zero-order valence-corrected chi connectivity index (χ0v) is 12.0. The second-order valence-corrected chi connectivity index (χ2v) is 3.81. The number of hydrogen-bond acceptors (Lipinski definition) is 4. The number of nitrogens with zero attached hydrogens (tertiary/aromatic N) is 1. The average molecular weight is 347 g/mol. The molecule has 0 spiro atoms. The molecule has 0 amide bonds. The van der Waals surface area contributed by atoms with Gasteiger partial charge >= 0.3 is 0 Å². The number of benzene rings is 1. The summed E-state index contributed by atoms with van der Waals surface area (Å²) in [5.41, 5.74) is 2.85. The van der Waals surface area contributed by atoms with Crippen LogP contribution in [0.1, 0.15) is 11.1 Å². The van der Waals surface area contributed by atoms with Crippen LogP contribution in [0.4, 0.5) is 0 Å². The summed E-state index contributed by atoms with van der Waals surface area (Å²) in [6.45, 7) is -0.159. The van der Waals surface area contributed by atoms with Gasteiger partial charge in [-0.25, -0.2) is 0 Å². The molecule has 0 saturated heterocycles. The number of hydrogen-bond donors (Lipinski definition) is 2. The van der Waals surface area contributed by atoms with Crippen molar-refractivity contribution in [3.8, 4) is 17.0 Å². The normalized spacial score (nSPS) is 9.84. The summed E-state index contributed by atoms with van der Waals surface area (Å²) in [5, 5.41) is 18.5. The predicted octanol–water partition coefficient (Wildman–Crippen LogP) is 1.54. The zero-order valence-electron chi connectivity index (χ0n) is 10.4. The van der Waals surface area contributed by atoms with E-state index in [1.54, 1.807) is 37.6 Å². The van der Waals surface area contributed by atoms with Crippen LogP contribution >= 0.6 is 0 Å². The minimum absolute atomic E-state index is 0. The molecule has 2 N–H and O–H groups in total. The third-order valence-electron chi connectivity index (χ3n) is 2.67. The van der Waals surface area contributed by atoms with Crippen molar-refractivity contribution in [2.24, 2.45) is 0 Å². The Kier molecular flexibility index (Phi) is 6.09. The Morgan fingerprint density at radius 2 is 2.05 bits per heavy atom. The Labute approximate surface area is 124 Å². The molecular formula is C14H14NO3Rh-. The monoisotopic (exact) mass is 347 g/mol. The molecule has 0 aliphatic carbocycles. The minimum atomic E-state index is -0.117. The zero-order chi connectivity index (χ0) is 13.0. The molecule has 0 atom stereocenters. The second-order valence-electron chi connectivity index (χ2n) is 3.81. The molecule has 1 radical (unpaired) electrons. The molecule has 0 unspecified atom stereocenters. The van der Waals surface area contributed by atoms with Crippen molar-refractivity contribution < 1.29 is 34.4 Å². The number of ether oxygens (including phenoxy) is 1. The van der Waals surface area contributed by atoms with Crippen molar-refractivity contribution in [3.05, 3.63) is 47.7 Å². The fraction of sp³-hybridized carbons (Fsp3) is 0.214. The molecule has 2 aromatic rings. The third-order valence-corrected chi connectivity index (χ3v) is 2.67. The minimum Gasteiger partial charge on any atom is -0.540 e. The Morgan fingerprint density at radius 1 is 1.26 bits per heavy atom. The van der Waals surface area contributed by atoms with Gasteiger partial charge in [0.1, 0.15) is 0 Å². The number of aliphatic hydroxyl groups excluding tert-OH is 2. The quantitative estimate of drug-likeness (QED) is 0.651. The van der Waals surface area contributed by atoms with E-state index < -0.39 is 0 Å². The van der Waals surface area contributed by atoms with E-state index in [0.717, 1.165) is 5.56 Å². The van der Waals surface area contributed by atoms with Gasteiger partial charge in [0, 0.05) is 38.0 Å². The molecular weight excluding hydrogens is 333 g/mol. The van der Waals surface area contributed by atoms with Crippen LogP contribution in [0.15, 0.2) is 30.5 Å². The molecule has 0 fully saturated rings. The van der Waals surface area contributed by atoms with Gasteiger partial charge in [0.2, 0.25) is 0 Å². The van der Waals surface area contributed by atoms with E-state index in [4.69, 9.17) is 9.84 Å². The molecule has 0 bridgehead atoms. The first-order valence-electron chi connectivity index (χ1n) is 5.54. The summed E-state index contributed by atoms with van der Waals surface area (Å²) in [6, 6.07) is 10.0. The summed E-state index contributed by atoms with van der Waals surface area (Å²) >= 11 is 0.